The Kier molecular flexibility index (Phi) is 4.65. The van der Waals surface area contributed by atoms with Crippen molar-refractivity contribution in [1.82, 2.24) is 9.97 Å². The molecule has 0 atom stereocenters. The first kappa shape index (κ1) is 12.9. The Hall–Kier alpha value is -1.19. The van der Waals surface area contributed by atoms with Gasteiger partial charge in [0.15, 0.2) is 0 Å². The second kappa shape index (κ2) is 5.78. The molecule has 74 valence electrons. The molecule has 0 amide bonds. The number of hydrogen-bond donors (Lipinski definition) is 1. The van der Waals surface area contributed by atoms with E-state index in [2.05, 4.69) is 9.97 Å². The van der Waals surface area contributed by atoms with Gasteiger partial charge in [0.1, 0.15) is 4.99 Å². The summed E-state index contributed by atoms with van der Waals surface area (Å²) in [5.41, 5.74) is 7.72. The molecule has 2 aromatic rings. The molecule has 3 nitrogen and oxygen atoms in total. The van der Waals surface area contributed by atoms with Gasteiger partial charge in [-0.25, -0.2) is 4.98 Å². The van der Waals surface area contributed by atoms with Gasteiger partial charge in [0, 0.05) is 6.20 Å². The van der Waals surface area contributed by atoms with Crippen molar-refractivity contribution in [3.8, 4) is 11.4 Å². The Morgan fingerprint density at radius 1 is 1.06 bits per heavy atom. The molecule has 5 heteroatoms. The quantitative estimate of drug-likeness (QED) is 0.673. The summed E-state index contributed by atoms with van der Waals surface area (Å²) in [4.78, 5) is 8.82. The summed E-state index contributed by atoms with van der Waals surface area (Å²) in [7, 11) is 0. The van der Waals surface area contributed by atoms with Crippen LogP contribution in [0.2, 0.25) is 0 Å². The molecule has 0 aromatic carbocycles. The van der Waals surface area contributed by atoms with Crippen LogP contribution in [0.4, 0.5) is 0 Å². The van der Waals surface area contributed by atoms with E-state index in [1.54, 1.807) is 12.3 Å². The van der Waals surface area contributed by atoms with Gasteiger partial charge >= 0.3 is 19.5 Å². The number of rotatable bonds is 2. The molecule has 0 spiro atoms. The molecule has 0 aliphatic heterocycles. The SMILES string of the molecule is NC(=S)c1cccc(-c2ccccn2)n1.[Zn+2]. The number of nitrogens with zero attached hydrogens (tertiary/aromatic N) is 2. The molecule has 16 heavy (non-hydrogen) atoms. The van der Waals surface area contributed by atoms with Crippen LogP contribution in [0.5, 0.6) is 0 Å². The third-order valence-corrected chi connectivity index (χ3v) is 2.14. The third kappa shape index (κ3) is 2.90. The van der Waals surface area contributed by atoms with Crippen LogP contribution in [0.3, 0.4) is 0 Å². The van der Waals surface area contributed by atoms with Crippen molar-refractivity contribution in [1.29, 1.82) is 0 Å². The first-order valence-electron chi connectivity index (χ1n) is 4.45. The van der Waals surface area contributed by atoms with Crippen LogP contribution in [0, 0.1) is 0 Å². The summed E-state index contributed by atoms with van der Waals surface area (Å²) in [6.07, 6.45) is 1.73. The van der Waals surface area contributed by atoms with E-state index in [4.69, 9.17) is 18.0 Å². The molecule has 0 fully saturated rings. The fourth-order valence-electron chi connectivity index (χ4n) is 1.23. The largest absolute Gasteiger partial charge is 2.00 e. The molecule has 0 saturated carbocycles. The molecular weight excluding hydrogens is 272 g/mol. The van der Waals surface area contributed by atoms with Crippen molar-refractivity contribution >= 4 is 17.2 Å². The summed E-state index contributed by atoms with van der Waals surface area (Å²) >= 11 is 4.87. The Balaban J connectivity index is 0.00000128. The summed E-state index contributed by atoms with van der Waals surface area (Å²) in [6.45, 7) is 0. The standard InChI is InChI=1S/C11H9N3S.Zn/c12-11(15)10-6-3-5-9(14-10)8-4-1-2-7-13-8;/h1-7H,(H2,12,15);/q;+2. The third-order valence-electron chi connectivity index (χ3n) is 1.93. The number of hydrogen-bond acceptors (Lipinski definition) is 3. The van der Waals surface area contributed by atoms with E-state index in [0.29, 0.717) is 10.7 Å². The van der Waals surface area contributed by atoms with Gasteiger partial charge < -0.3 is 5.73 Å². The monoisotopic (exact) mass is 279 g/mol. The van der Waals surface area contributed by atoms with Gasteiger partial charge in [-0.1, -0.05) is 24.4 Å². The number of nitrogens with two attached hydrogens (primary N) is 1. The van der Waals surface area contributed by atoms with Crippen LogP contribution < -0.4 is 5.73 Å². The van der Waals surface area contributed by atoms with Crippen LogP contribution in [0.25, 0.3) is 11.4 Å². The zero-order valence-electron chi connectivity index (χ0n) is 8.63. The van der Waals surface area contributed by atoms with Gasteiger partial charge in [0.2, 0.25) is 0 Å². The van der Waals surface area contributed by atoms with E-state index < -0.39 is 0 Å². The zero-order valence-corrected chi connectivity index (χ0v) is 12.4. The minimum Gasteiger partial charge on any atom is -0.388 e. The summed E-state index contributed by atoms with van der Waals surface area (Å²) in [6, 6.07) is 11.2. The Labute approximate surface area is 112 Å². The van der Waals surface area contributed by atoms with E-state index in [1.807, 2.05) is 30.3 Å². The van der Waals surface area contributed by atoms with Crippen molar-refractivity contribution in [2.24, 2.45) is 5.73 Å². The van der Waals surface area contributed by atoms with Gasteiger partial charge in [0.05, 0.1) is 17.1 Å². The fraction of sp³-hybridized carbons (Fsp3) is 0. The van der Waals surface area contributed by atoms with E-state index >= 15 is 0 Å². The fourth-order valence-corrected chi connectivity index (χ4v) is 1.34. The second-order valence-corrected chi connectivity index (χ2v) is 3.43. The second-order valence-electron chi connectivity index (χ2n) is 2.99. The Bertz CT molecular complexity index is 488. The molecule has 0 radical (unpaired) electrons. The molecule has 2 N–H and O–H groups in total. The summed E-state index contributed by atoms with van der Waals surface area (Å²) < 4.78 is 0. The topological polar surface area (TPSA) is 51.8 Å². The molecule has 2 rings (SSSR count). The predicted molar refractivity (Wildman–Crippen MR) is 63.4 cm³/mol. The van der Waals surface area contributed by atoms with E-state index in [1.165, 1.54) is 0 Å². The van der Waals surface area contributed by atoms with Crippen molar-refractivity contribution in [2.75, 3.05) is 0 Å². The van der Waals surface area contributed by atoms with Crippen molar-refractivity contribution in [3.63, 3.8) is 0 Å². The Morgan fingerprint density at radius 2 is 1.81 bits per heavy atom. The first-order chi connectivity index (χ1) is 7.27. The van der Waals surface area contributed by atoms with E-state index in [-0.39, 0.29) is 19.5 Å². The van der Waals surface area contributed by atoms with E-state index in [0.717, 1.165) is 11.4 Å². The van der Waals surface area contributed by atoms with Gasteiger partial charge in [0.25, 0.3) is 0 Å². The number of thiocarbonyl (C=S) groups is 1. The van der Waals surface area contributed by atoms with Crippen LogP contribution in [-0.4, -0.2) is 15.0 Å². The Morgan fingerprint density at radius 3 is 2.44 bits per heavy atom. The van der Waals surface area contributed by atoms with Crippen molar-refractivity contribution < 1.29 is 19.5 Å². The molecular formula is C11H9N3SZn+2. The van der Waals surface area contributed by atoms with Crippen LogP contribution in [0.15, 0.2) is 42.6 Å². The van der Waals surface area contributed by atoms with Crippen LogP contribution in [0.1, 0.15) is 5.69 Å². The molecule has 0 aliphatic carbocycles. The van der Waals surface area contributed by atoms with E-state index in [9.17, 15) is 0 Å². The normalized spacial score (nSPS) is 9.25. The van der Waals surface area contributed by atoms with Crippen LogP contribution in [-0.2, 0) is 19.5 Å². The minimum absolute atomic E-state index is 0. The predicted octanol–water partition coefficient (Wildman–Crippen LogP) is 1.78. The zero-order chi connectivity index (χ0) is 10.7. The van der Waals surface area contributed by atoms with Gasteiger partial charge in [-0.05, 0) is 24.3 Å². The summed E-state index contributed by atoms with van der Waals surface area (Å²) in [5, 5.41) is 0. The molecule has 2 aromatic heterocycles. The maximum atomic E-state index is 5.51. The molecule has 2 heterocycles. The van der Waals surface area contributed by atoms with Crippen molar-refractivity contribution in [3.05, 3.63) is 48.3 Å². The van der Waals surface area contributed by atoms with Gasteiger partial charge in [-0.15, -0.1) is 0 Å². The van der Waals surface area contributed by atoms with Gasteiger partial charge in [-0.2, -0.15) is 0 Å². The minimum atomic E-state index is 0. The first-order valence-corrected chi connectivity index (χ1v) is 4.86. The average Bonchev–Trinajstić information content (AvgIpc) is 2.30. The number of aromatic nitrogens is 2. The summed E-state index contributed by atoms with van der Waals surface area (Å²) in [5.74, 6) is 0. The van der Waals surface area contributed by atoms with Crippen LogP contribution >= 0.6 is 12.2 Å². The maximum Gasteiger partial charge on any atom is 2.00 e. The van der Waals surface area contributed by atoms with Crippen molar-refractivity contribution in [2.45, 2.75) is 0 Å². The molecule has 0 unspecified atom stereocenters. The molecule has 0 saturated heterocycles. The molecule has 0 bridgehead atoms. The smallest absolute Gasteiger partial charge is 0.388 e. The average molecular weight is 281 g/mol. The maximum absolute atomic E-state index is 5.51. The molecule has 0 aliphatic rings. The van der Waals surface area contributed by atoms with Gasteiger partial charge in [-0.3, -0.25) is 4.98 Å². The number of pyridine rings is 2.